The zero-order chi connectivity index (χ0) is 16.1. The SMILES string of the molecule is Nc1nccnc1C(=O)NC[C@@H](c1cccs1)N1CCOCC1. The Morgan fingerprint density at radius 2 is 2.17 bits per heavy atom. The van der Waals surface area contributed by atoms with E-state index in [2.05, 4.69) is 26.3 Å². The van der Waals surface area contributed by atoms with E-state index >= 15 is 0 Å². The van der Waals surface area contributed by atoms with Crippen molar-refractivity contribution in [2.45, 2.75) is 6.04 Å². The minimum Gasteiger partial charge on any atom is -0.382 e. The van der Waals surface area contributed by atoms with Crippen LogP contribution < -0.4 is 11.1 Å². The molecule has 3 heterocycles. The zero-order valence-electron chi connectivity index (χ0n) is 12.6. The number of nitrogen functional groups attached to an aromatic ring is 1. The van der Waals surface area contributed by atoms with Gasteiger partial charge < -0.3 is 15.8 Å². The molecule has 0 unspecified atom stereocenters. The Hall–Kier alpha value is -2.03. The average molecular weight is 333 g/mol. The molecular weight excluding hydrogens is 314 g/mol. The molecular formula is C15H19N5O2S. The molecule has 1 amide bonds. The van der Waals surface area contributed by atoms with Crippen LogP contribution in [0.5, 0.6) is 0 Å². The Labute approximate surface area is 138 Å². The molecule has 1 aliphatic heterocycles. The van der Waals surface area contributed by atoms with Crippen LogP contribution in [0.15, 0.2) is 29.9 Å². The Morgan fingerprint density at radius 3 is 2.87 bits per heavy atom. The molecule has 0 spiro atoms. The molecule has 1 saturated heterocycles. The highest BCUT2D eigenvalue weighted by atomic mass is 32.1. The summed E-state index contributed by atoms with van der Waals surface area (Å²) in [6.07, 6.45) is 2.93. The van der Waals surface area contributed by atoms with E-state index in [0.717, 1.165) is 13.1 Å². The fraction of sp³-hybridized carbons (Fsp3) is 0.400. The summed E-state index contributed by atoms with van der Waals surface area (Å²) >= 11 is 1.69. The predicted octanol–water partition coefficient (Wildman–Crippen LogP) is 0.924. The fourth-order valence-corrected chi connectivity index (χ4v) is 3.44. The number of aromatic nitrogens is 2. The first-order chi connectivity index (χ1) is 11.3. The monoisotopic (exact) mass is 333 g/mol. The first kappa shape index (κ1) is 15.9. The smallest absolute Gasteiger partial charge is 0.273 e. The van der Waals surface area contributed by atoms with Crippen LogP contribution in [0.4, 0.5) is 5.82 Å². The average Bonchev–Trinajstić information content (AvgIpc) is 3.10. The number of carbonyl (C=O) groups is 1. The van der Waals surface area contributed by atoms with Gasteiger partial charge in [0.1, 0.15) is 0 Å². The highest BCUT2D eigenvalue weighted by molar-refractivity contribution is 7.10. The quantitative estimate of drug-likeness (QED) is 0.845. The van der Waals surface area contributed by atoms with E-state index in [-0.39, 0.29) is 23.5 Å². The maximum Gasteiger partial charge on any atom is 0.273 e. The van der Waals surface area contributed by atoms with Gasteiger partial charge in [-0.25, -0.2) is 9.97 Å². The lowest BCUT2D eigenvalue weighted by Crippen LogP contribution is -2.43. The van der Waals surface area contributed by atoms with Gasteiger partial charge in [-0.15, -0.1) is 11.3 Å². The van der Waals surface area contributed by atoms with Crippen LogP contribution in [0.25, 0.3) is 0 Å². The molecule has 2 aromatic heterocycles. The van der Waals surface area contributed by atoms with E-state index in [9.17, 15) is 4.79 Å². The van der Waals surface area contributed by atoms with Gasteiger partial charge in [0.15, 0.2) is 11.5 Å². The van der Waals surface area contributed by atoms with Gasteiger partial charge >= 0.3 is 0 Å². The number of nitrogens with one attached hydrogen (secondary N) is 1. The van der Waals surface area contributed by atoms with Crippen molar-refractivity contribution < 1.29 is 9.53 Å². The summed E-state index contributed by atoms with van der Waals surface area (Å²) < 4.78 is 5.42. The number of morpholine rings is 1. The lowest BCUT2D eigenvalue weighted by Gasteiger charge is -2.34. The van der Waals surface area contributed by atoms with E-state index in [1.165, 1.54) is 17.3 Å². The highest BCUT2D eigenvalue weighted by Crippen LogP contribution is 2.25. The van der Waals surface area contributed by atoms with Gasteiger partial charge in [-0.2, -0.15) is 0 Å². The van der Waals surface area contributed by atoms with Gasteiger partial charge in [-0.3, -0.25) is 9.69 Å². The number of hydrogen-bond acceptors (Lipinski definition) is 7. The second-order valence-corrected chi connectivity index (χ2v) is 6.16. The van der Waals surface area contributed by atoms with Crippen molar-refractivity contribution in [1.82, 2.24) is 20.2 Å². The number of nitrogens with zero attached hydrogens (tertiary/aromatic N) is 3. The summed E-state index contributed by atoms with van der Waals surface area (Å²) in [7, 11) is 0. The molecule has 0 bridgehead atoms. The van der Waals surface area contributed by atoms with Crippen molar-refractivity contribution in [3.05, 3.63) is 40.5 Å². The predicted molar refractivity (Wildman–Crippen MR) is 88.2 cm³/mol. The molecule has 3 rings (SSSR count). The minimum absolute atomic E-state index is 0.126. The Balaban J connectivity index is 1.69. The standard InChI is InChI=1S/C15H19N5O2S/c16-14-13(17-3-4-18-14)15(21)19-10-11(12-2-1-9-23-12)20-5-7-22-8-6-20/h1-4,9,11H,5-8,10H2,(H2,16,18)(H,19,21)/t11-/m0/s1. The van der Waals surface area contributed by atoms with Crippen LogP contribution in [0.1, 0.15) is 21.4 Å². The molecule has 3 N–H and O–H groups in total. The Bertz CT molecular complexity index is 643. The van der Waals surface area contributed by atoms with Crippen molar-refractivity contribution >= 4 is 23.1 Å². The molecule has 23 heavy (non-hydrogen) atoms. The molecule has 0 saturated carbocycles. The van der Waals surface area contributed by atoms with Crippen molar-refractivity contribution in [1.29, 1.82) is 0 Å². The second kappa shape index (κ2) is 7.49. The van der Waals surface area contributed by atoms with Crippen LogP contribution in [-0.2, 0) is 4.74 Å². The lowest BCUT2D eigenvalue weighted by molar-refractivity contribution is 0.0169. The molecule has 7 nitrogen and oxygen atoms in total. The van der Waals surface area contributed by atoms with Gasteiger partial charge in [0.2, 0.25) is 0 Å². The summed E-state index contributed by atoms with van der Waals surface area (Å²) in [6.45, 7) is 3.63. The summed E-state index contributed by atoms with van der Waals surface area (Å²) in [6, 6.07) is 4.24. The normalized spacial score (nSPS) is 16.9. The van der Waals surface area contributed by atoms with E-state index in [0.29, 0.717) is 19.8 Å². The first-order valence-corrected chi connectivity index (χ1v) is 8.33. The largest absolute Gasteiger partial charge is 0.382 e. The second-order valence-electron chi connectivity index (χ2n) is 5.18. The molecule has 2 aromatic rings. The molecule has 0 aromatic carbocycles. The molecule has 122 valence electrons. The third-order valence-corrected chi connectivity index (χ3v) is 4.73. The number of ether oxygens (including phenoxy) is 1. The zero-order valence-corrected chi connectivity index (χ0v) is 13.5. The van der Waals surface area contributed by atoms with E-state index in [4.69, 9.17) is 10.5 Å². The van der Waals surface area contributed by atoms with Crippen LogP contribution in [0, 0.1) is 0 Å². The minimum atomic E-state index is -0.301. The number of hydrogen-bond donors (Lipinski definition) is 2. The molecule has 1 aliphatic rings. The van der Waals surface area contributed by atoms with Gasteiger partial charge in [-0.05, 0) is 11.4 Å². The summed E-state index contributed by atoms with van der Waals surface area (Å²) in [5, 5.41) is 4.98. The maximum absolute atomic E-state index is 12.3. The fourth-order valence-electron chi connectivity index (χ4n) is 2.58. The van der Waals surface area contributed by atoms with Crippen LogP contribution in [0.3, 0.4) is 0 Å². The van der Waals surface area contributed by atoms with E-state index in [1.807, 2.05) is 11.4 Å². The molecule has 8 heteroatoms. The number of anilines is 1. The van der Waals surface area contributed by atoms with Gasteiger partial charge in [0.05, 0.1) is 19.3 Å². The summed E-state index contributed by atoms with van der Waals surface area (Å²) in [4.78, 5) is 23.7. The van der Waals surface area contributed by atoms with Gasteiger partial charge in [-0.1, -0.05) is 6.07 Å². The summed E-state index contributed by atoms with van der Waals surface area (Å²) in [5.74, 6) is -0.158. The summed E-state index contributed by atoms with van der Waals surface area (Å²) in [5.41, 5.74) is 5.87. The number of nitrogens with two attached hydrogens (primary N) is 1. The van der Waals surface area contributed by atoms with Crippen LogP contribution in [-0.4, -0.2) is 53.6 Å². The highest BCUT2D eigenvalue weighted by Gasteiger charge is 2.24. The molecule has 1 fully saturated rings. The van der Waals surface area contributed by atoms with Gasteiger partial charge in [0.25, 0.3) is 5.91 Å². The molecule has 1 atom stereocenters. The van der Waals surface area contributed by atoms with Crippen LogP contribution in [0.2, 0.25) is 0 Å². The van der Waals surface area contributed by atoms with E-state index in [1.54, 1.807) is 11.3 Å². The number of amides is 1. The Morgan fingerprint density at radius 1 is 1.39 bits per heavy atom. The van der Waals surface area contributed by atoms with E-state index < -0.39 is 0 Å². The maximum atomic E-state index is 12.3. The van der Waals surface area contributed by atoms with Crippen molar-refractivity contribution in [3.8, 4) is 0 Å². The first-order valence-electron chi connectivity index (χ1n) is 7.45. The number of thiophene rings is 1. The molecule has 0 radical (unpaired) electrons. The lowest BCUT2D eigenvalue weighted by atomic mass is 10.2. The Kier molecular flexibility index (Phi) is 5.16. The van der Waals surface area contributed by atoms with Crippen molar-refractivity contribution in [3.63, 3.8) is 0 Å². The van der Waals surface area contributed by atoms with Gasteiger partial charge in [0, 0.05) is 36.9 Å². The van der Waals surface area contributed by atoms with Crippen molar-refractivity contribution in [2.75, 3.05) is 38.6 Å². The third kappa shape index (κ3) is 3.84. The number of carbonyl (C=O) groups excluding carboxylic acids is 1. The third-order valence-electron chi connectivity index (χ3n) is 3.76. The van der Waals surface area contributed by atoms with Crippen LogP contribution >= 0.6 is 11.3 Å². The van der Waals surface area contributed by atoms with Crippen molar-refractivity contribution in [2.24, 2.45) is 0 Å². The number of rotatable bonds is 5. The molecule has 0 aliphatic carbocycles. The topological polar surface area (TPSA) is 93.4 Å².